The van der Waals surface area contributed by atoms with Crippen LogP contribution in [0.1, 0.15) is 12.5 Å². The van der Waals surface area contributed by atoms with E-state index in [4.69, 9.17) is 23.2 Å². The summed E-state index contributed by atoms with van der Waals surface area (Å²) < 4.78 is 1.57. The summed E-state index contributed by atoms with van der Waals surface area (Å²) in [7, 11) is 0. The number of hydrogen-bond acceptors (Lipinski definition) is 3. The summed E-state index contributed by atoms with van der Waals surface area (Å²) in [6.45, 7) is 1.98. The zero-order chi connectivity index (χ0) is 16.4. The van der Waals surface area contributed by atoms with E-state index in [9.17, 15) is 5.11 Å². The average Bonchev–Trinajstić information content (AvgIpc) is 2.99. The standard InChI is InChI=1S/C17H15Cl2N3O/c1-17(23,9-22-11-20-10-21-22)15-7-4-13(8-16(15)19)12-2-5-14(18)6-3-12/h2-8,10-11,23H,9H2,1H3. The lowest BCUT2D eigenvalue weighted by Crippen LogP contribution is -2.28. The number of nitrogens with zero attached hydrogens (tertiary/aromatic N) is 3. The van der Waals surface area contributed by atoms with Gasteiger partial charge in [-0.15, -0.1) is 0 Å². The van der Waals surface area contributed by atoms with Crippen molar-refractivity contribution in [1.82, 2.24) is 14.8 Å². The minimum atomic E-state index is -1.15. The van der Waals surface area contributed by atoms with Crippen LogP contribution in [-0.2, 0) is 12.1 Å². The summed E-state index contributed by atoms with van der Waals surface area (Å²) in [5.41, 5.74) is 1.47. The molecule has 6 heteroatoms. The van der Waals surface area contributed by atoms with E-state index < -0.39 is 5.60 Å². The highest BCUT2D eigenvalue weighted by Gasteiger charge is 2.27. The zero-order valence-corrected chi connectivity index (χ0v) is 14.0. The Hall–Kier alpha value is -1.88. The van der Waals surface area contributed by atoms with E-state index in [1.807, 2.05) is 42.5 Å². The number of rotatable bonds is 4. The lowest BCUT2D eigenvalue weighted by molar-refractivity contribution is 0.0346. The normalized spacial score (nSPS) is 13.7. The average molecular weight is 348 g/mol. The van der Waals surface area contributed by atoms with E-state index in [0.717, 1.165) is 11.1 Å². The van der Waals surface area contributed by atoms with Crippen molar-refractivity contribution in [2.45, 2.75) is 19.1 Å². The molecular weight excluding hydrogens is 333 g/mol. The molecule has 0 amide bonds. The summed E-state index contributed by atoms with van der Waals surface area (Å²) in [4.78, 5) is 3.88. The summed E-state index contributed by atoms with van der Waals surface area (Å²) in [5.74, 6) is 0. The quantitative estimate of drug-likeness (QED) is 0.770. The lowest BCUT2D eigenvalue weighted by atomic mass is 9.93. The van der Waals surface area contributed by atoms with Gasteiger partial charge in [0.15, 0.2) is 0 Å². The first-order chi connectivity index (χ1) is 11.0. The fourth-order valence-electron chi connectivity index (χ4n) is 2.49. The summed E-state index contributed by atoms with van der Waals surface area (Å²) in [6, 6.07) is 13.1. The molecule has 1 N–H and O–H groups in total. The Bertz CT molecular complexity index is 799. The van der Waals surface area contributed by atoms with Gasteiger partial charge < -0.3 is 5.11 Å². The second kappa shape index (κ2) is 6.32. The molecule has 0 saturated heterocycles. The third kappa shape index (κ3) is 3.55. The molecule has 0 aliphatic rings. The van der Waals surface area contributed by atoms with Crippen molar-refractivity contribution < 1.29 is 5.11 Å². The summed E-state index contributed by atoms with van der Waals surface area (Å²) >= 11 is 12.3. The number of halogens is 2. The van der Waals surface area contributed by atoms with E-state index in [1.165, 1.54) is 6.33 Å². The van der Waals surface area contributed by atoms with Gasteiger partial charge in [-0.25, -0.2) is 9.67 Å². The molecule has 4 nitrogen and oxygen atoms in total. The lowest BCUT2D eigenvalue weighted by Gasteiger charge is -2.25. The van der Waals surface area contributed by atoms with Gasteiger partial charge in [0.05, 0.1) is 6.54 Å². The van der Waals surface area contributed by atoms with Crippen molar-refractivity contribution in [3.63, 3.8) is 0 Å². The molecule has 0 saturated carbocycles. The Morgan fingerprint density at radius 2 is 1.78 bits per heavy atom. The molecule has 0 radical (unpaired) electrons. The molecule has 3 aromatic rings. The summed E-state index contributed by atoms with van der Waals surface area (Å²) in [5, 5.41) is 16.0. The van der Waals surface area contributed by atoms with Gasteiger partial charge in [0, 0.05) is 15.6 Å². The molecule has 0 spiro atoms. The first-order valence-corrected chi connectivity index (χ1v) is 7.82. The Morgan fingerprint density at radius 3 is 2.39 bits per heavy atom. The van der Waals surface area contributed by atoms with Crippen LogP contribution in [0.3, 0.4) is 0 Å². The molecule has 0 aliphatic carbocycles. The number of hydrogen-bond donors (Lipinski definition) is 1. The van der Waals surface area contributed by atoms with Crippen LogP contribution in [0.5, 0.6) is 0 Å². The van der Waals surface area contributed by atoms with Gasteiger partial charge in [-0.1, -0.05) is 47.5 Å². The Labute approximate surface area is 144 Å². The minimum Gasteiger partial charge on any atom is -0.383 e. The van der Waals surface area contributed by atoms with E-state index >= 15 is 0 Å². The molecule has 1 unspecified atom stereocenters. The SMILES string of the molecule is CC(O)(Cn1cncn1)c1ccc(-c2ccc(Cl)cc2)cc1Cl. The second-order valence-corrected chi connectivity index (χ2v) is 6.41. The maximum atomic E-state index is 10.7. The number of benzene rings is 2. The first-order valence-electron chi connectivity index (χ1n) is 7.06. The highest BCUT2D eigenvalue weighted by atomic mass is 35.5. The Balaban J connectivity index is 1.91. The van der Waals surface area contributed by atoms with Gasteiger partial charge in [0.25, 0.3) is 0 Å². The Morgan fingerprint density at radius 1 is 1.09 bits per heavy atom. The topological polar surface area (TPSA) is 50.9 Å². The van der Waals surface area contributed by atoms with E-state index in [2.05, 4.69) is 10.1 Å². The van der Waals surface area contributed by atoms with Crippen LogP contribution in [-0.4, -0.2) is 19.9 Å². The molecule has 1 atom stereocenters. The molecule has 118 valence electrons. The molecule has 0 aliphatic heterocycles. The molecule has 23 heavy (non-hydrogen) atoms. The number of aromatic nitrogens is 3. The van der Waals surface area contributed by atoms with Crippen molar-refractivity contribution in [2.24, 2.45) is 0 Å². The van der Waals surface area contributed by atoms with Crippen LogP contribution in [0.15, 0.2) is 55.1 Å². The maximum absolute atomic E-state index is 10.7. The molecule has 3 rings (SSSR count). The molecular formula is C17H15Cl2N3O. The van der Waals surface area contributed by atoms with Crippen LogP contribution < -0.4 is 0 Å². The Kier molecular flexibility index (Phi) is 4.39. The van der Waals surface area contributed by atoms with Gasteiger partial charge in [-0.05, 0) is 36.2 Å². The van der Waals surface area contributed by atoms with E-state index in [-0.39, 0.29) is 6.54 Å². The van der Waals surface area contributed by atoms with Crippen molar-refractivity contribution >= 4 is 23.2 Å². The molecule has 0 fully saturated rings. The second-order valence-electron chi connectivity index (χ2n) is 5.57. The predicted molar refractivity (Wildman–Crippen MR) is 91.5 cm³/mol. The van der Waals surface area contributed by atoms with Gasteiger partial charge >= 0.3 is 0 Å². The fourth-order valence-corrected chi connectivity index (χ4v) is 3.00. The largest absolute Gasteiger partial charge is 0.383 e. The highest BCUT2D eigenvalue weighted by molar-refractivity contribution is 6.32. The van der Waals surface area contributed by atoms with Gasteiger partial charge in [-0.3, -0.25) is 0 Å². The highest BCUT2D eigenvalue weighted by Crippen LogP contribution is 2.33. The van der Waals surface area contributed by atoms with Crippen molar-refractivity contribution in [1.29, 1.82) is 0 Å². The van der Waals surface area contributed by atoms with Crippen LogP contribution in [0.25, 0.3) is 11.1 Å². The minimum absolute atomic E-state index is 0.271. The fraction of sp³-hybridized carbons (Fsp3) is 0.176. The summed E-state index contributed by atoms with van der Waals surface area (Å²) in [6.07, 6.45) is 2.99. The van der Waals surface area contributed by atoms with Crippen molar-refractivity contribution in [3.05, 3.63) is 70.7 Å². The molecule has 2 aromatic carbocycles. The zero-order valence-electron chi connectivity index (χ0n) is 12.4. The monoisotopic (exact) mass is 347 g/mol. The molecule has 1 heterocycles. The predicted octanol–water partition coefficient (Wildman–Crippen LogP) is 4.16. The number of aliphatic hydroxyl groups is 1. The van der Waals surface area contributed by atoms with Crippen molar-refractivity contribution in [3.8, 4) is 11.1 Å². The third-order valence-electron chi connectivity index (χ3n) is 3.66. The molecule has 0 bridgehead atoms. The van der Waals surface area contributed by atoms with Crippen molar-refractivity contribution in [2.75, 3.05) is 0 Å². The van der Waals surface area contributed by atoms with E-state index in [1.54, 1.807) is 17.9 Å². The van der Waals surface area contributed by atoms with Gasteiger partial charge in [-0.2, -0.15) is 5.10 Å². The maximum Gasteiger partial charge on any atom is 0.137 e. The molecule has 1 aromatic heterocycles. The van der Waals surface area contributed by atoms with Crippen LogP contribution in [0.4, 0.5) is 0 Å². The van der Waals surface area contributed by atoms with Gasteiger partial charge in [0.1, 0.15) is 18.3 Å². The van der Waals surface area contributed by atoms with E-state index in [0.29, 0.717) is 15.6 Å². The van der Waals surface area contributed by atoms with Gasteiger partial charge in [0.2, 0.25) is 0 Å². The van der Waals surface area contributed by atoms with Crippen LogP contribution >= 0.6 is 23.2 Å². The van der Waals surface area contributed by atoms with Crippen LogP contribution in [0.2, 0.25) is 10.0 Å². The van der Waals surface area contributed by atoms with Crippen LogP contribution in [0, 0.1) is 0 Å². The first kappa shape index (κ1) is 16.0. The smallest absolute Gasteiger partial charge is 0.137 e. The third-order valence-corrected chi connectivity index (χ3v) is 4.23.